The molecule has 2 aromatic heterocycles. The molecule has 0 saturated heterocycles. The lowest BCUT2D eigenvalue weighted by Gasteiger charge is -2.23. The molecular weight excluding hydrogens is 330 g/mol. The fourth-order valence-electron chi connectivity index (χ4n) is 4.01. The first-order chi connectivity index (χ1) is 12.6. The highest BCUT2D eigenvalue weighted by Crippen LogP contribution is 2.45. The molecule has 0 radical (unpaired) electrons. The van der Waals surface area contributed by atoms with Crippen LogP contribution < -0.4 is 5.32 Å². The Kier molecular flexibility index (Phi) is 4.49. The summed E-state index contributed by atoms with van der Waals surface area (Å²) in [7, 11) is 0. The number of oxazole rings is 1. The van der Waals surface area contributed by atoms with E-state index in [1.165, 1.54) is 31.9 Å². The van der Waals surface area contributed by atoms with Crippen molar-refractivity contribution in [1.29, 1.82) is 0 Å². The summed E-state index contributed by atoms with van der Waals surface area (Å²) in [4.78, 5) is 20.7. The van der Waals surface area contributed by atoms with Crippen molar-refractivity contribution in [3.63, 3.8) is 0 Å². The van der Waals surface area contributed by atoms with Crippen LogP contribution in [0.4, 0.5) is 5.82 Å². The number of allylic oxidation sites excluding steroid dienone is 2. The zero-order valence-corrected chi connectivity index (χ0v) is 15.1. The first kappa shape index (κ1) is 16.8. The van der Waals surface area contributed by atoms with Gasteiger partial charge in [-0.2, -0.15) is 0 Å². The number of hydrogen-bond acceptors (Lipinski definition) is 6. The first-order valence-corrected chi connectivity index (χ1v) is 9.16. The molecule has 26 heavy (non-hydrogen) atoms. The molecule has 4 rings (SSSR count). The van der Waals surface area contributed by atoms with E-state index in [-0.39, 0.29) is 5.69 Å². The van der Waals surface area contributed by atoms with Crippen LogP contribution >= 0.6 is 0 Å². The standard InChI is InChI=1S/C20H23N3O3/c1-3-12(2)26-20(24)17-11-25-19(23-17)15-6-7-21-18(10-15)22-16-9-13-4-5-14(16)8-13/h3,6-7,10-11,13-14,16H,4-5,8-9H2,1-2H3,(H,21,22)/b12-3+/t13-,14+,16+/m0/s1. The molecule has 2 aliphatic rings. The van der Waals surface area contributed by atoms with E-state index in [0.717, 1.165) is 23.2 Å². The molecule has 2 fully saturated rings. The van der Waals surface area contributed by atoms with Gasteiger partial charge >= 0.3 is 5.97 Å². The molecule has 0 unspecified atom stereocenters. The van der Waals surface area contributed by atoms with Crippen molar-refractivity contribution in [2.75, 3.05) is 5.32 Å². The zero-order valence-electron chi connectivity index (χ0n) is 15.1. The van der Waals surface area contributed by atoms with Crippen molar-refractivity contribution in [3.05, 3.63) is 42.1 Å². The Hall–Kier alpha value is -2.63. The Bertz CT molecular complexity index is 842. The minimum Gasteiger partial charge on any atom is -0.444 e. The van der Waals surface area contributed by atoms with Gasteiger partial charge in [-0.25, -0.2) is 14.8 Å². The van der Waals surface area contributed by atoms with E-state index in [2.05, 4.69) is 15.3 Å². The van der Waals surface area contributed by atoms with Crippen molar-refractivity contribution < 1.29 is 13.9 Å². The predicted octanol–water partition coefficient (Wildman–Crippen LogP) is 4.42. The Morgan fingerprint density at radius 2 is 2.27 bits per heavy atom. The van der Waals surface area contributed by atoms with Crippen LogP contribution in [-0.2, 0) is 4.74 Å². The van der Waals surface area contributed by atoms with Crippen LogP contribution in [0.25, 0.3) is 11.5 Å². The van der Waals surface area contributed by atoms with Crippen LogP contribution in [0.5, 0.6) is 0 Å². The van der Waals surface area contributed by atoms with E-state index in [4.69, 9.17) is 9.15 Å². The fourth-order valence-corrected chi connectivity index (χ4v) is 4.01. The lowest BCUT2D eigenvalue weighted by Crippen LogP contribution is -2.26. The number of nitrogens with zero attached hydrogens (tertiary/aromatic N) is 2. The van der Waals surface area contributed by atoms with Gasteiger partial charge in [-0.3, -0.25) is 0 Å². The fraction of sp³-hybridized carbons (Fsp3) is 0.450. The Labute approximate surface area is 152 Å². The molecule has 2 aromatic rings. The summed E-state index contributed by atoms with van der Waals surface area (Å²) in [5, 5.41) is 3.57. The number of esters is 1. The Morgan fingerprint density at radius 1 is 1.38 bits per heavy atom. The van der Waals surface area contributed by atoms with Crippen LogP contribution in [0.3, 0.4) is 0 Å². The summed E-state index contributed by atoms with van der Waals surface area (Å²) in [5.74, 6) is 2.86. The molecular formula is C20H23N3O3. The number of fused-ring (bicyclic) bond motifs is 2. The summed E-state index contributed by atoms with van der Waals surface area (Å²) >= 11 is 0. The lowest BCUT2D eigenvalue weighted by atomic mass is 9.95. The first-order valence-electron chi connectivity index (χ1n) is 9.16. The molecule has 2 saturated carbocycles. The minimum absolute atomic E-state index is 0.153. The van der Waals surface area contributed by atoms with Crippen LogP contribution in [0.15, 0.2) is 40.8 Å². The number of aromatic nitrogens is 2. The summed E-state index contributed by atoms with van der Waals surface area (Å²) in [6.45, 7) is 3.52. The minimum atomic E-state index is -0.523. The van der Waals surface area contributed by atoms with Gasteiger partial charge in [-0.1, -0.05) is 6.42 Å². The Morgan fingerprint density at radius 3 is 3.00 bits per heavy atom. The van der Waals surface area contributed by atoms with Gasteiger partial charge in [0.15, 0.2) is 5.69 Å². The number of anilines is 1. The van der Waals surface area contributed by atoms with Crippen molar-refractivity contribution in [2.45, 2.75) is 45.6 Å². The molecule has 0 spiro atoms. The van der Waals surface area contributed by atoms with E-state index in [1.807, 2.05) is 12.1 Å². The third-order valence-corrected chi connectivity index (χ3v) is 5.45. The number of rotatable bonds is 5. The van der Waals surface area contributed by atoms with E-state index in [9.17, 15) is 4.79 Å². The average Bonchev–Trinajstić information content (AvgIpc) is 3.38. The van der Waals surface area contributed by atoms with E-state index in [0.29, 0.717) is 17.7 Å². The molecule has 1 N–H and O–H groups in total. The van der Waals surface area contributed by atoms with Gasteiger partial charge < -0.3 is 14.5 Å². The second-order valence-electron chi connectivity index (χ2n) is 7.18. The van der Waals surface area contributed by atoms with E-state index < -0.39 is 5.97 Å². The number of pyridine rings is 1. The maximum atomic E-state index is 12.0. The predicted molar refractivity (Wildman–Crippen MR) is 97.4 cm³/mol. The van der Waals surface area contributed by atoms with Gasteiger partial charge in [0, 0.05) is 17.8 Å². The van der Waals surface area contributed by atoms with Crippen molar-refractivity contribution >= 4 is 11.8 Å². The highest BCUT2D eigenvalue weighted by molar-refractivity contribution is 5.88. The van der Waals surface area contributed by atoms with Crippen molar-refractivity contribution in [2.24, 2.45) is 11.8 Å². The van der Waals surface area contributed by atoms with Gasteiger partial charge in [0.25, 0.3) is 0 Å². The summed E-state index contributed by atoms with van der Waals surface area (Å²) in [6.07, 6.45) is 10.0. The highest BCUT2D eigenvalue weighted by Gasteiger charge is 2.39. The number of carbonyl (C=O) groups excluding carboxylic acids is 1. The lowest BCUT2D eigenvalue weighted by molar-refractivity contribution is 0.0619. The van der Waals surface area contributed by atoms with Crippen molar-refractivity contribution in [3.8, 4) is 11.5 Å². The summed E-state index contributed by atoms with van der Waals surface area (Å²) in [6, 6.07) is 4.25. The summed E-state index contributed by atoms with van der Waals surface area (Å²) in [5.41, 5.74) is 0.938. The van der Waals surface area contributed by atoms with Gasteiger partial charge in [-0.15, -0.1) is 0 Å². The zero-order chi connectivity index (χ0) is 18.1. The van der Waals surface area contributed by atoms with Crippen LogP contribution in [0.1, 0.15) is 50.0 Å². The number of nitrogens with one attached hydrogen (secondary N) is 1. The second kappa shape index (κ2) is 6.94. The van der Waals surface area contributed by atoms with Gasteiger partial charge in [0.2, 0.25) is 5.89 Å². The molecule has 2 heterocycles. The molecule has 6 nitrogen and oxygen atoms in total. The maximum Gasteiger partial charge on any atom is 0.365 e. The van der Waals surface area contributed by atoms with Gasteiger partial charge in [0.05, 0.1) is 0 Å². The SMILES string of the molecule is C/C=C(\C)OC(=O)c1coc(-c2ccnc(N[C@@H]3C[C@H]4CC[C@@H]3C4)c2)n1. The third-order valence-electron chi connectivity index (χ3n) is 5.45. The van der Waals surface area contributed by atoms with Crippen molar-refractivity contribution in [1.82, 2.24) is 9.97 Å². The number of ether oxygens (including phenoxy) is 1. The smallest absolute Gasteiger partial charge is 0.365 e. The Balaban J connectivity index is 1.47. The van der Waals surface area contributed by atoms with Crippen LogP contribution in [0, 0.1) is 11.8 Å². The maximum absolute atomic E-state index is 12.0. The molecule has 0 amide bonds. The molecule has 0 aliphatic heterocycles. The van der Waals surface area contributed by atoms with Gasteiger partial charge in [-0.05, 0) is 63.2 Å². The third kappa shape index (κ3) is 3.36. The molecule has 2 bridgehead atoms. The highest BCUT2D eigenvalue weighted by atomic mass is 16.5. The molecule has 6 heteroatoms. The largest absolute Gasteiger partial charge is 0.444 e. The molecule has 2 aliphatic carbocycles. The number of carbonyl (C=O) groups is 1. The van der Waals surface area contributed by atoms with Crippen LogP contribution in [0.2, 0.25) is 0 Å². The van der Waals surface area contributed by atoms with E-state index >= 15 is 0 Å². The summed E-state index contributed by atoms with van der Waals surface area (Å²) < 4.78 is 10.6. The number of hydrogen-bond donors (Lipinski definition) is 1. The molecule has 3 atom stereocenters. The monoisotopic (exact) mass is 353 g/mol. The molecule has 0 aromatic carbocycles. The van der Waals surface area contributed by atoms with E-state index in [1.54, 1.807) is 26.1 Å². The normalized spacial score (nSPS) is 24.7. The van der Waals surface area contributed by atoms with Crippen LogP contribution in [-0.4, -0.2) is 22.0 Å². The average molecular weight is 353 g/mol. The van der Waals surface area contributed by atoms with Gasteiger partial charge in [0.1, 0.15) is 17.8 Å². The topological polar surface area (TPSA) is 77.2 Å². The molecule has 136 valence electrons. The second-order valence-corrected chi connectivity index (χ2v) is 7.18. The quantitative estimate of drug-likeness (QED) is 0.633.